The van der Waals surface area contributed by atoms with Crippen LogP contribution in [-0.4, -0.2) is 41.7 Å². The van der Waals surface area contributed by atoms with Gasteiger partial charge in [-0.2, -0.15) is 0 Å². The normalized spacial score (nSPS) is 11.3. The molecule has 1 amide bonds. The number of aromatic nitrogens is 1. The summed E-state index contributed by atoms with van der Waals surface area (Å²) in [5, 5.41) is 4.10. The predicted octanol–water partition coefficient (Wildman–Crippen LogP) is 4.92. The molecule has 154 valence electrons. The molecule has 0 spiro atoms. The first-order valence-corrected chi connectivity index (χ1v) is 11.6. The Bertz CT molecular complexity index is 996. The summed E-state index contributed by atoms with van der Waals surface area (Å²) in [6, 6.07) is 11.3. The number of nitrogens with one attached hydrogen (secondary N) is 1. The van der Waals surface area contributed by atoms with Crippen molar-refractivity contribution in [2.45, 2.75) is 17.3 Å². The Balaban J connectivity index is 1.34. The zero-order valence-corrected chi connectivity index (χ0v) is 19.1. The highest BCUT2D eigenvalue weighted by Crippen LogP contribution is 2.30. The Kier molecular flexibility index (Phi) is 8.03. The van der Waals surface area contributed by atoms with E-state index in [1.807, 2.05) is 43.4 Å². The number of nitrogen functional groups attached to an aromatic ring is 1. The van der Waals surface area contributed by atoms with Crippen LogP contribution in [0.3, 0.4) is 0 Å². The van der Waals surface area contributed by atoms with Crippen LogP contribution < -0.4 is 11.1 Å². The van der Waals surface area contributed by atoms with Crippen LogP contribution >= 0.6 is 46.3 Å². The third kappa shape index (κ3) is 6.76. The van der Waals surface area contributed by atoms with E-state index < -0.39 is 0 Å². The number of hydrogen-bond acceptors (Lipinski definition) is 6. The number of carbonyl (C=O) groups is 1. The first-order chi connectivity index (χ1) is 13.9. The molecule has 29 heavy (non-hydrogen) atoms. The molecule has 5 nitrogen and oxygen atoms in total. The molecule has 9 heteroatoms. The van der Waals surface area contributed by atoms with Crippen molar-refractivity contribution in [1.82, 2.24) is 15.2 Å². The molecule has 0 radical (unpaired) electrons. The Morgan fingerprint density at radius 1 is 1.24 bits per heavy atom. The molecule has 3 rings (SSSR count). The van der Waals surface area contributed by atoms with Crippen molar-refractivity contribution in [3.05, 3.63) is 52.0 Å². The lowest BCUT2D eigenvalue weighted by molar-refractivity contribution is -0.118. The third-order valence-corrected chi connectivity index (χ3v) is 7.10. The van der Waals surface area contributed by atoms with Crippen LogP contribution in [0.5, 0.6) is 0 Å². The fourth-order valence-corrected chi connectivity index (χ4v) is 5.03. The maximum Gasteiger partial charge on any atom is 0.230 e. The summed E-state index contributed by atoms with van der Waals surface area (Å²) in [6.45, 7) is 2.29. The van der Waals surface area contributed by atoms with E-state index >= 15 is 0 Å². The number of halogens is 2. The molecule has 1 heterocycles. The van der Waals surface area contributed by atoms with Gasteiger partial charge in [0.2, 0.25) is 5.91 Å². The summed E-state index contributed by atoms with van der Waals surface area (Å²) in [5.74, 6) is 0.370. The predicted molar refractivity (Wildman–Crippen MR) is 125 cm³/mol. The molecule has 3 N–H and O–H groups in total. The molecular weight excluding hydrogens is 447 g/mol. The van der Waals surface area contributed by atoms with E-state index in [-0.39, 0.29) is 5.91 Å². The standard InChI is InChI=1S/C20H22Cl2N4OS2/c1-26(11-13-3-5-15(21)16(22)9-13)8-2-7-24-19(27)12-28-20-25-17-6-4-14(23)10-18(17)29-20/h3-6,9-10H,2,7-8,11-12,23H2,1H3,(H,24,27). The molecule has 0 aliphatic carbocycles. The number of thioether (sulfide) groups is 1. The van der Waals surface area contributed by atoms with E-state index in [2.05, 4.69) is 15.2 Å². The van der Waals surface area contributed by atoms with Gasteiger partial charge in [0.1, 0.15) is 0 Å². The highest BCUT2D eigenvalue weighted by atomic mass is 35.5. The highest BCUT2D eigenvalue weighted by Gasteiger charge is 2.08. The average Bonchev–Trinajstić information content (AvgIpc) is 3.08. The zero-order valence-electron chi connectivity index (χ0n) is 16.0. The molecule has 0 saturated heterocycles. The minimum absolute atomic E-state index is 0.0147. The van der Waals surface area contributed by atoms with Crippen molar-refractivity contribution in [2.24, 2.45) is 0 Å². The highest BCUT2D eigenvalue weighted by molar-refractivity contribution is 8.01. The molecule has 0 bridgehead atoms. The molecule has 0 aliphatic rings. The minimum Gasteiger partial charge on any atom is -0.399 e. The molecule has 2 aromatic carbocycles. The van der Waals surface area contributed by atoms with Crippen LogP contribution in [0.25, 0.3) is 10.2 Å². The third-order valence-electron chi connectivity index (χ3n) is 4.19. The number of fused-ring (bicyclic) bond motifs is 1. The Morgan fingerprint density at radius 3 is 2.86 bits per heavy atom. The lowest BCUT2D eigenvalue weighted by Crippen LogP contribution is -2.29. The lowest BCUT2D eigenvalue weighted by Gasteiger charge is -2.17. The van der Waals surface area contributed by atoms with E-state index in [1.54, 1.807) is 11.3 Å². The van der Waals surface area contributed by atoms with E-state index in [0.29, 0.717) is 22.3 Å². The van der Waals surface area contributed by atoms with Gasteiger partial charge in [0, 0.05) is 18.8 Å². The number of thiazole rings is 1. The number of hydrogen-bond donors (Lipinski definition) is 2. The van der Waals surface area contributed by atoms with Gasteiger partial charge in [0.25, 0.3) is 0 Å². The zero-order chi connectivity index (χ0) is 20.8. The summed E-state index contributed by atoms with van der Waals surface area (Å²) in [6.07, 6.45) is 0.870. The average molecular weight is 469 g/mol. The van der Waals surface area contributed by atoms with E-state index in [4.69, 9.17) is 28.9 Å². The molecular formula is C20H22Cl2N4OS2. The maximum absolute atomic E-state index is 12.1. The van der Waals surface area contributed by atoms with Crippen molar-refractivity contribution in [3.8, 4) is 0 Å². The molecule has 1 aromatic heterocycles. The van der Waals surface area contributed by atoms with Crippen LogP contribution in [-0.2, 0) is 11.3 Å². The van der Waals surface area contributed by atoms with E-state index in [0.717, 1.165) is 45.3 Å². The Hall–Kier alpha value is -1.51. The first-order valence-electron chi connectivity index (χ1n) is 9.09. The number of rotatable bonds is 9. The van der Waals surface area contributed by atoms with Crippen molar-refractivity contribution in [2.75, 3.05) is 31.6 Å². The van der Waals surface area contributed by atoms with Gasteiger partial charge in [-0.05, 0) is 55.9 Å². The monoisotopic (exact) mass is 468 g/mol. The smallest absolute Gasteiger partial charge is 0.230 e. The van der Waals surface area contributed by atoms with Crippen LogP contribution in [0.4, 0.5) is 5.69 Å². The van der Waals surface area contributed by atoms with Crippen LogP contribution in [0, 0.1) is 0 Å². The molecule has 0 atom stereocenters. The Labute approximate surface area is 188 Å². The topological polar surface area (TPSA) is 71.2 Å². The van der Waals surface area contributed by atoms with Gasteiger partial charge in [-0.1, -0.05) is 41.0 Å². The second-order valence-corrected chi connectivity index (χ2v) is 9.75. The van der Waals surface area contributed by atoms with Gasteiger partial charge in [0.05, 0.1) is 26.0 Å². The second kappa shape index (κ2) is 10.5. The van der Waals surface area contributed by atoms with Gasteiger partial charge in [0.15, 0.2) is 4.34 Å². The molecule has 3 aromatic rings. The number of anilines is 1. The SMILES string of the molecule is CN(CCCNC(=O)CSc1nc2ccc(N)cc2s1)Cc1ccc(Cl)c(Cl)c1. The van der Waals surface area contributed by atoms with Gasteiger partial charge < -0.3 is 16.0 Å². The molecule has 0 fully saturated rings. The number of nitrogens with two attached hydrogens (primary N) is 1. The largest absolute Gasteiger partial charge is 0.399 e. The fourth-order valence-electron chi connectivity index (χ4n) is 2.77. The summed E-state index contributed by atoms with van der Waals surface area (Å²) >= 11 is 15.0. The van der Waals surface area contributed by atoms with Crippen molar-refractivity contribution in [1.29, 1.82) is 0 Å². The Morgan fingerprint density at radius 2 is 2.07 bits per heavy atom. The summed E-state index contributed by atoms with van der Waals surface area (Å²) < 4.78 is 1.92. The van der Waals surface area contributed by atoms with Crippen LogP contribution in [0.1, 0.15) is 12.0 Å². The van der Waals surface area contributed by atoms with Crippen molar-refractivity contribution >= 4 is 68.1 Å². The summed E-state index contributed by atoms with van der Waals surface area (Å²) in [4.78, 5) is 18.8. The first kappa shape index (κ1) is 22.2. The van der Waals surface area contributed by atoms with Crippen molar-refractivity contribution < 1.29 is 4.79 Å². The second-order valence-electron chi connectivity index (χ2n) is 6.69. The quantitative estimate of drug-likeness (QED) is 0.265. The van der Waals surface area contributed by atoms with Crippen LogP contribution in [0.2, 0.25) is 10.0 Å². The van der Waals surface area contributed by atoms with Gasteiger partial charge in [-0.15, -0.1) is 11.3 Å². The van der Waals surface area contributed by atoms with Crippen molar-refractivity contribution in [3.63, 3.8) is 0 Å². The number of carbonyl (C=O) groups excluding carboxylic acids is 1. The molecule has 0 aliphatic heterocycles. The molecule has 0 saturated carbocycles. The van der Waals surface area contributed by atoms with E-state index in [9.17, 15) is 4.79 Å². The summed E-state index contributed by atoms with van der Waals surface area (Å²) in [7, 11) is 2.04. The minimum atomic E-state index is 0.0147. The summed E-state index contributed by atoms with van der Waals surface area (Å²) in [5.41, 5.74) is 8.54. The van der Waals surface area contributed by atoms with Gasteiger partial charge in [-0.25, -0.2) is 4.98 Å². The maximum atomic E-state index is 12.1. The van der Waals surface area contributed by atoms with Crippen LogP contribution in [0.15, 0.2) is 40.7 Å². The fraction of sp³-hybridized carbons (Fsp3) is 0.300. The molecule has 0 unspecified atom stereocenters. The van der Waals surface area contributed by atoms with E-state index in [1.165, 1.54) is 11.8 Å². The number of amides is 1. The number of nitrogens with zero attached hydrogens (tertiary/aromatic N) is 2. The van der Waals surface area contributed by atoms with Gasteiger partial charge in [-0.3, -0.25) is 4.79 Å². The number of benzene rings is 2. The lowest BCUT2D eigenvalue weighted by atomic mass is 10.2. The van der Waals surface area contributed by atoms with Gasteiger partial charge >= 0.3 is 0 Å².